The fourth-order valence-electron chi connectivity index (χ4n) is 1.73. The quantitative estimate of drug-likeness (QED) is 0.571. The molecule has 0 fully saturated rings. The lowest BCUT2D eigenvalue weighted by Gasteiger charge is -1.98. The van der Waals surface area contributed by atoms with E-state index in [1.54, 1.807) is 6.92 Å². The van der Waals surface area contributed by atoms with Crippen LogP contribution in [0.25, 0.3) is 12.2 Å². The topological polar surface area (TPSA) is 17.1 Å². The predicted molar refractivity (Wildman–Crippen MR) is 76.6 cm³/mol. The summed E-state index contributed by atoms with van der Waals surface area (Å²) in [6, 6.07) is 16.0. The first-order valence-electron chi connectivity index (χ1n) is 6.01. The molecular weight excluding hydrogens is 220 g/mol. The van der Waals surface area contributed by atoms with Crippen molar-refractivity contribution in [3.8, 4) is 0 Å². The van der Waals surface area contributed by atoms with Crippen LogP contribution in [0.2, 0.25) is 0 Å². The second-order valence-corrected chi connectivity index (χ2v) is 4.43. The fraction of sp³-hybridized carbons (Fsp3) is 0.118. The molecule has 18 heavy (non-hydrogen) atoms. The van der Waals surface area contributed by atoms with Gasteiger partial charge in [0.25, 0.3) is 0 Å². The Kier molecular flexibility index (Phi) is 3.73. The third-order valence-electron chi connectivity index (χ3n) is 2.84. The minimum atomic E-state index is 0.0978. The van der Waals surface area contributed by atoms with E-state index in [2.05, 4.69) is 37.3 Å². The van der Waals surface area contributed by atoms with E-state index in [0.29, 0.717) is 0 Å². The molecule has 0 radical (unpaired) electrons. The van der Waals surface area contributed by atoms with E-state index < -0.39 is 0 Å². The van der Waals surface area contributed by atoms with Crippen molar-refractivity contribution in [2.75, 3.05) is 0 Å². The molecule has 2 rings (SSSR count). The highest BCUT2D eigenvalue weighted by Gasteiger charge is 1.98. The first-order chi connectivity index (χ1) is 8.65. The van der Waals surface area contributed by atoms with Crippen molar-refractivity contribution < 1.29 is 4.79 Å². The van der Waals surface area contributed by atoms with E-state index in [1.807, 2.05) is 30.3 Å². The molecule has 0 aromatic heterocycles. The molecule has 0 spiro atoms. The Morgan fingerprint density at radius 1 is 0.944 bits per heavy atom. The molecule has 0 amide bonds. The largest absolute Gasteiger partial charge is 0.295 e. The number of carbonyl (C=O) groups excluding carboxylic acids is 1. The summed E-state index contributed by atoms with van der Waals surface area (Å²) in [6.45, 7) is 3.66. The van der Waals surface area contributed by atoms with Gasteiger partial charge in [0.05, 0.1) is 0 Å². The van der Waals surface area contributed by atoms with Gasteiger partial charge in [-0.3, -0.25) is 4.79 Å². The number of aryl methyl sites for hydroxylation is 1. The van der Waals surface area contributed by atoms with Crippen LogP contribution in [0.3, 0.4) is 0 Å². The Balaban J connectivity index is 2.20. The second-order valence-electron chi connectivity index (χ2n) is 4.43. The monoisotopic (exact) mass is 236 g/mol. The maximum atomic E-state index is 11.3. The van der Waals surface area contributed by atoms with Crippen LogP contribution in [0.15, 0.2) is 48.5 Å². The standard InChI is InChI=1S/C17H16O/c1-13-6-8-15(9-7-13)10-11-16-4-3-5-17(12-16)14(2)18/h3-12H,1-2H3. The van der Waals surface area contributed by atoms with Gasteiger partial charge in [0.15, 0.2) is 5.78 Å². The normalized spacial score (nSPS) is 10.8. The summed E-state index contributed by atoms with van der Waals surface area (Å²) in [6.07, 6.45) is 4.08. The number of Topliss-reactive ketones (excluding diaryl/α,β-unsaturated/α-hetero) is 1. The van der Waals surface area contributed by atoms with E-state index in [1.165, 1.54) is 5.56 Å². The number of hydrogen-bond acceptors (Lipinski definition) is 1. The van der Waals surface area contributed by atoms with Gasteiger partial charge >= 0.3 is 0 Å². The molecule has 1 nitrogen and oxygen atoms in total. The zero-order valence-electron chi connectivity index (χ0n) is 10.7. The van der Waals surface area contributed by atoms with Gasteiger partial charge in [-0.05, 0) is 31.0 Å². The number of benzene rings is 2. The molecule has 90 valence electrons. The average molecular weight is 236 g/mol. The number of ketones is 1. The molecule has 1 heteroatoms. The van der Waals surface area contributed by atoms with E-state index in [0.717, 1.165) is 16.7 Å². The van der Waals surface area contributed by atoms with Crippen LogP contribution < -0.4 is 0 Å². The lowest BCUT2D eigenvalue weighted by Crippen LogP contribution is -1.91. The minimum absolute atomic E-state index is 0.0978. The van der Waals surface area contributed by atoms with E-state index in [9.17, 15) is 4.79 Å². The Bertz CT molecular complexity index is 577. The first-order valence-corrected chi connectivity index (χ1v) is 6.01. The molecular formula is C17H16O. The molecule has 2 aromatic carbocycles. The highest BCUT2D eigenvalue weighted by atomic mass is 16.1. The lowest BCUT2D eigenvalue weighted by molar-refractivity contribution is 0.101. The van der Waals surface area contributed by atoms with Crippen molar-refractivity contribution in [1.29, 1.82) is 0 Å². The maximum Gasteiger partial charge on any atom is 0.159 e. The third kappa shape index (κ3) is 3.17. The van der Waals surface area contributed by atoms with Crippen molar-refractivity contribution >= 4 is 17.9 Å². The van der Waals surface area contributed by atoms with E-state index in [-0.39, 0.29) is 5.78 Å². The molecule has 0 N–H and O–H groups in total. The number of hydrogen-bond donors (Lipinski definition) is 0. The van der Waals surface area contributed by atoms with Crippen LogP contribution in [-0.2, 0) is 0 Å². The molecule has 0 aliphatic rings. The van der Waals surface area contributed by atoms with Crippen LogP contribution in [0.4, 0.5) is 0 Å². The molecule has 0 atom stereocenters. The fourth-order valence-corrected chi connectivity index (χ4v) is 1.73. The summed E-state index contributed by atoms with van der Waals surface area (Å²) in [5, 5.41) is 0. The Hall–Kier alpha value is -2.15. The summed E-state index contributed by atoms with van der Waals surface area (Å²) in [5.41, 5.74) is 4.21. The summed E-state index contributed by atoms with van der Waals surface area (Å²) in [5.74, 6) is 0.0978. The van der Waals surface area contributed by atoms with Gasteiger partial charge in [-0.15, -0.1) is 0 Å². The summed E-state index contributed by atoms with van der Waals surface area (Å²) >= 11 is 0. The first kappa shape index (κ1) is 12.3. The van der Waals surface area contributed by atoms with Gasteiger partial charge < -0.3 is 0 Å². The van der Waals surface area contributed by atoms with Crippen molar-refractivity contribution in [3.63, 3.8) is 0 Å². The second kappa shape index (κ2) is 5.46. The van der Waals surface area contributed by atoms with Gasteiger partial charge in [0, 0.05) is 5.56 Å². The molecule has 0 aliphatic carbocycles. The van der Waals surface area contributed by atoms with Crippen LogP contribution in [0.5, 0.6) is 0 Å². The van der Waals surface area contributed by atoms with E-state index in [4.69, 9.17) is 0 Å². The molecule has 2 aromatic rings. The molecule has 0 aliphatic heterocycles. The molecule has 0 saturated heterocycles. The maximum absolute atomic E-state index is 11.3. The van der Waals surface area contributed by atoms with Gasteiger partial charge in [-0.25, -0.2) is 0 Å². The van der Waals surface area contributed by atoms with Gasteiger partial charge in [0.2, 0.25) is 0 Å². The van der Waals surface area contributed by atoms with Gasteiger partial charge in [-0.2, -0.15) is 0 Å². The van der Waals surface area contributed by atoms with Crippen LogP contribution >= 0.6 is 0 Å². The number of carbonyl (C=O) groups is 1. The molecule has 0 unspecified atom stereocenters. The number of rotatable bonds is 3. The molecule has 0 saturated carbocycles. The highest BCUT2D eigenvalue weighted by molar-refractivity contribution is 5.94. The zero-order chi connectivity index (χ0) is 13.0. The van der Waals surface area contributed by atoms with Crippen LogP contribution in [0.1, 0.15) is 34.0 Å². The predicted octanol–water partition coefficient (Wildman–Crippen LogP) is 4.37. The summed E-state index contributed by atoms with van der Waals surface area (Å²) in [7, 11) is 0. The van der Waals surface area contributed by atoms with Crippen molar-refractivity contribution in [1.82, 2.24) is 0 Å². The van der Waals surface area contributed by atoms with Crippen molar-refractivity contribution in [3.05, 3.63) is 70.8 Å². The van der Waals surface area contributed by atoms with Crippen LogP contribution in [-0.4, -0.2) is 5.78 Å². The zero-order valence-corrected chi connectivity index (χ0v) is 10.7. The average Bonchev–Trinajstić information content (AvgIpc) is 2.38. The Morgan fingerprint density at radius 2 is 1.61 bits per heavy atom. The van der Waals surface area contributed by atoms with Crippen LogP contribution in [0, 0.1) is 6.92 Å². The van der Waals surface area contributed by atoms with Crippen molar-refractivity contribution in [2.24, 2.45) is 0 Å². The Labute approximate surface area is 108 Å². The SMILES string of the molecule is CC(=O)c1cccc(C=Cc2ccc(C)cc2)c1. The summed E-state index contributed by atoms with van der Waals surface area (Å²) < 4.78 is 0. The van der Waals surface area contributed by atoms with Crippen molar-refractivity contribution in [2.45, 2.75) is 13.8 Å². The van der Waals surface area contributed by atoms with Gasteiger partial charge in [-0.1, -0.05) is 60.2 Å². The summed E-state index contributed by atoms with van der Waals surface area (Å²) in [4.78, 5) is 11.3. The molecule has 0 bridgehead atoms. The minimum Gasteiger partial charge on any atom is -0.295 e. The third-order valence-corrected chi connectivity index (χ3v) is 2.84. The molecule has 0 heterocycles. The highest BCUT2D eigenvalue weighted by Crippen LogP contribution is 2.11. The van der Waals surface area contributed by atoms with Gasteiger partial charge in [0.1, 0.15) is 0 Å². The van der Waals surface area contributed by atoms with E-state index >= 15 is 0 Å². The lowest BCUT2D eigenvalue weighted by atomic mass is 10.1. The smallest absolute Gasteiger partial charge is 0.159 e. The Morgan fingerprint density at radius 3 is 2.28 bits per heavy atom.